The number of piperidine rings is 1. The van der Waals surface area contributed by atoms with E-state index in [9.17, 15) is 9.59 Å². The summed E-state index contributed by atoms with van der Waals surface area (Å²) in [4.78, 5) is 21.4. The van der Waals surface area contributed by atoms with Crippen LogP contribution < -0.4 is 16.8 Å². The van der Waals surface area contributed by atoms with Crippen LogP contribution >= 0.6 is 0 Å². The average Bonchev–Trinajstić information content (AvgIpc) is 2.15. The third-order valence-corrected chi connectivity index (χ3v) is 2.44. The van der Waals surface area contributed by atoms with Crippen LogP contribution in [-0.4, -0.2) is 24.4 Å². The summed E-state index contributed by atoms with van der Waals surface area (Å²) in [5.41, 5.74) is 10.2. The van der Waals surface area contributed by atoms with Crippen molar-refractivity contribution in [3.63, 3.8) is 0 Å². The largest absolute Gasteiger partial charge is 0.370 e. The van der Waals surface area contributed by atoms with Crippen molar-refractivity contribution in [1.29, 1.82) is 0 Å². The minimum atomic E-state index is -0.334. The lowest BCUT2D eigenvalue weighted by Crippen LogP contribution is -2.46. The summed E-state index contributed by atoms with van der Waals surface area (Å²) < 4.78 is 0. The lowest BCUT2D eigenvalue weighted by Gasteiger charge is -2.27. The summed E-state index contributed by atoms with van der Waals surface area (Å²) in [6.45, 7) is 0.757. The van der Waals surface area contributed by atoms with Crippen LogP contribution in [0.2, 0.25) is 0 Å². The van der Waals surface area contributed by atoms with Crippen molar-refractivity contribution in [2.24, 2.45) is 17.4 Å². The highest BCUT2D eigenvalue weighted by Gasteiger charge is 2.25. The third-order valence-electron chi connectivity index (χ3n) is 2.44. The smallest absolute Gasteiger partial charge is 0.234 e. The fraction of sp³-hybridized carbons (Fsp3) is 0.667. The first kappa shape index (κ1) is 11.0. The van der Waals surface area contributed by atoms with E-state index in [-0.39, 0.29) is 30.2 Å². The zero-order chi connectivity index (χ0) is 10.6. The van der Waals surface area contributed by atoms with Gasteiger partial charge in [0.2, 0.25) is 11.8 Å². The Kier molecular flexibility index (Phi) is 3.88. The van der Waals surface area contributed by atoms with Gasteiger partial charge in [0.25, 0.3) is 0 Å². The fourth-order valence-corrected chi connectivity index (χ4v) is 1.66. The van der Waals surface area contributed by atoms with E-state index in [1.54, 1.807) is 0 Å². The Morgan fingerprint density at radius 3 is 2.71 bits per heavy atom. The second-order valence-corrected chi connectivity index (χ2v) is 3.60. The predicted octanol–water partition coefficient (Wildman–Crippen LogP) is -1.08. The molecule has 0 aromatic heterocycles. The zero-order valence-electron chi connectivity index (χ0n) is 8.03. The van der Waals surface area contributed by atoms with E-state index in [4.69, 9.17) is 11.5 Å². The van der Waals surface area contributed by atoms with Gasteiger partial charge in [-0.25, -0.2) is 0 Å². The summed E-state index contributed by atoms with van der Waals surface area (Å²) in [5.74, 6) is -0.400. The molecule has 1 heterocycles. The van der Waals surface area contributed by atoms with Crippen molar-refractivity contribution in [2.45, 2.75) is 25.3 Å². The summed E-state index contributed by atoms with van der Waals surface area (Å²) in [6.07, 6.45) is 3.74. The van der Waals surface area contributed by atoms with E-state index >= 15 is 0 Å². The van der Waals surface area contributed by atoms with E-state index in [2.05, 4.69) is 5.32 Å². The molecule has 2 atom stereocenters. The van der Waals surface area contributed by atoms with Gasteiger partial charge in [-0.05, 0) is 31.7 Å². The van der Waals surface area contributed by atoms with Crippen LogP contribution in [0.5, 0.6) is 0 Å². The van der Waals surface area contributed by atoms with Gasteiger partial charge in [0.15, 0.2) is 0 Å². The molecule has 5 nitrogen and oxygen atoms in total. The van der Waals surface area contributed by atoms with Gasteiger partial charge in [0, 0.05) is 6.42 Å². The van der Waals surface area contributed by atoms with Crippen LogP contribution in [0.15, 0.2) is 0 Å². The molecule has 2 amide bonds. The molecule has 1 fully saturated rings. The highest BCUT2D eigenvalue weighted by Crippen LogP contribution is 2.19. The lowest BCUT2D eigenvalue weighted by molar-refractivity contribution is -0.120. The SMILES string of the molecule is NC(=O)C[CH]C1CCN[C@H](C(N)=O)C1. The van der Waals surface area contributed by atoms with Gasteiger partial charge < -0.3 is 16.8 Å². The van der Waals surface area contributed by atoms with Gasteiger partial charge in [-0.3, -0.25) is 9.59 Å². The first-order valence-electron chi connectivity index (χ1n) is 4.74. The van der Waals surface area contributed by atoms with Crippen molar-refractivity contribution < 1.29 is 9.59 Å². The Hall–Kier alpha value is -1.10. The molecule has 0 spiro atoms. The highest BCUT2D eigenvalue weighted by atomic mass is 16.1. The Balaban J connectivity index is 2.32. The number of primary amides is 2. The standard InChI is InChI=1S/C9H16N3O2/c10-8(13)2-1-6-3-4-12-7(5-6)9(11)14/h1,6-7,12H,2-5H2,(H2,10,13)(H2,11,14)/t6?,7-/m0/s1. The Bertz CT molecular complexity index is 230. The Labute approximate surface area is 83.2 Å². The molecule has 0 saturated carbocycles. The number of nitrogens with two attached hydrogens (primary N) is 2. The molecular weight excluding hydrogens is 182 g/mol. The molecule has 1 aliphatic rings. The second kappa shape index (κ2) is 4.95. The molecule has 1 rings (SSSR count). The second-order valence-electron chi connectivity index (χ2n) is 3.60. The van der Waals surface area contributed by atoms with E-state index < -0.39 is 0 Å². The molecule has 0 aliphatic carbocycles. The summed E-state index contributed by atoms with van der Waals surface area (Å²) >= 11 is 0. The van der Waals surface area contributed by atoms with Crippen LogP contribution in [0, 0.1) is 12.3 Å². The van der Waals surface area contributed by atoms with E-state index in [0.29, 0.717) is 6.42 Å². The quantitative estimate of drug-likeness (QED) is 0.536. The van der Waals surface area contributed by atoms with Crippen LogP contribution in [0.4, 0.5) is 0 Å². The Morgan fingerprint density at radius 1 is 1.43 bits per heavy atom. The molecule has 1 saturated heterocycles. The lowest BCUT2D eigenvalue weighted by atomic mass is 9.88. The maximum atomic E-state index is 10.9. The maximum Gasteiger partial charge on any atom is 0.234 e. The van der Waals surface area contributed by atoms with Gasteiger partial charge in [-0.2, -0.15) is 0 Å². The molecule has 1 radical (unpaired) electrons. The molecular formula is C9H16N3O2. The summed E-state index contributed by atoms with van der Waals surface area (Å²) in [5, 5.41) is 3.03. The van der Waals surface area contributed by atoms with Gasteiger partial charge in [-0.1, -0.05) is 0 Å². The maximum absolute atomic E-state index is 10.9. The van der Waals surface area contributed by atoms with Gasteiger partial charge in [0.1, 0.15) is 0 Å². The topological polar surface area (TPSA) is 98.2 Å². The Morgan fingerprint density at radius 2 is 2.14 bits per heavy atom. The molecule has 79 valence electrons. The minimum Gasteiger partial charge on any atom is -0.370 e. The van der Waals surface area contributed by atoms with Crippen molar-refractivity contribution in [3.8, 4) is 0 Å². The molecule has 14 heavy (non-hydrogen) atoms. The third kappa shape index (κ3) is 3.33. The average molecular weight is 198 g/mol. The molecule has 1 unspecified atom stereocenters. The van der Waals surface area contributed by atoms with E-state index in [0.717, 1.165) is 13.0 Å². The number of carbonyl (C=O) groups excluding carboxylic acids is 2. The number of hydrogen-bond donors (Lipinski definition) is 3. The molecule has 5 heteroatoms. The molecule has 0 bridgehead atoms. The van der Waals surface area contributed by atoms with Crippen LogP contribution in [0.1, 0.15) is 19.3 Å². The predicted molar refractivity (Wildman–Crippen MR) is 51.8 cm³/mol. The number of hydrogen-bond acceptors (Lipinski definition) is 3. The summed E-state index contributed by atoms with van der Waals surface area (Å²) in [6, 6.07) is -0.266. The normalized spacial score (nSPS) is 27.1. The monoisotopic (exact) mass is 198 g/mol. The highest BCUT2D eigenvalue weighted by molar-refractivity contribution is 5.80. The number of nitrogens with one attached hydrogen (secondary N) is 1. The van der Waals surface area contributed by atoms with Crippen LogP contribution in [0.3, 0.4) is 0 Å². The fourth-order valence-electron chi connectivity index (χ4n) is 1.66. The first-order chi connectivity index (χ1) is 6.59. The molecule has 1 aliphatic heterocycles. The summed E-state index contributed by atoms with van der Waals surface area (Å²) in [7, 11) is 0. The van der Waals surface area contributed by atoms with Crippen molar-refractivity contribution in [1.82, 2.24) is 5.32 Å². The van der Waals surface area contributed by atoms with Gasteiger partial charge in [-0.15, -0.1) is 0 Å². The number of carbonyl (C=O) groups is 2. The van der Waals surface area contributed by atoms with Crippen molar-refractivity contribution in [3.05, 3.63) is 6.42 Å². The molecule has 5 N–H and O–H groups in total. The molecule has 0 aromatic rings. The zero-order valence-corrected chi connectivity index (χ0v) is 8.03. The van der Waals surface area contributed by atoms with Crippen LogP contribution in [0.25, 0.3) is 0 Å². The first-order valence-corrected chi connectivity index (χ1v) is 4.74. The van der Waals surface area contributed by atoms with Crippen molar-refractivity contribution in [2.75, 3.05) is 6.54 Å². The van der Waals surface area contributed by atoms with Gasteiger partial charge >= 0.3 is 0 Å². The minimum absolute atomic E-state index is 0.265. The number of amides is 2. The number of rotatable bonds is 4. The van der Waals surface area contributed by atoms with E-state index in [1.807, 2.05) is 6.42 Å². The van der Waals surface area contributed by atoms with Crippen LogP contribution in [-0.2, 0) is 9.59 Å². The van der Waals surface area contributed by atoms with Crippen molar-refractivity contribution >= 4 is 11.8 Å². The van der Waals surface area contributed by atoms with Gasteiger partial charge in [0.05, 0.1) is 6.04 Å². The van der Waals surface area contributed by atoms with E-state index in [1.165, 1.54) is 0 Å². The molecule has 0 aromatic carbocycles.